The van der Waals surface area contributed by atoms with Gasteiger partial charge in [-0.25, -0.2) is 13.8 Å². The molecule has 0 bridgehead atoms. The third-order valence-corrected chi connectivity index (χ3v) is 7.44. The molecule has 4 aromatic carbocycles. The minimum absolute atomic E-state index is 0.0185. The van der Waals surface area contributed by atoms with Gasteiger partial charge in [0, 0.05) is 48.1 Å². The van der Waals surface area contributed by atoms with Crippen molar-refractivity contribution in [2.24, 2.45) is 10.1 Å². The van der Waals surface area contributed by atoms with Gasteiger partial charge >= 0.3 is 0 Å². The van der Waals surface area contributed by atoms with Crippen LogP contribution >= 0.6 is 0 Å². The highest BCUT2D eigenvalue weighted by atomic mass is 19.1. The second-order valence-corrected chi connectivity index (χ2v) is 10.5. The van der Waals surface area contributed by atoms with E-state index in [1.807, 2.05) is 30.3 Å². The van der Waals surface area contributed by atoms with Gasteiger partial charge in [-0.3, -0.25) is 4.79 Å². The first-order valence-electron chi connectivity index (χ1n) is 14.4. The van der Waals surface area contributed by atoms with Crippen LogP contribution in [0.1, 0.15) is 40.3 Å². The third-order valence-electron chi connectivity index (χ3n) is 7.44. The molecule has 5 rings (SSSR count). The standard InChI is InChI=1S/C34H31F2N5O4/c35-27-14-11-26(30(36)19-27)21-38-33(43)34(20-23-7-2-1-3-8-23)31(29-10-5-4-9-25(29)22-39-41-37)45-32(40-34)24-12-15-28(16-13-24)44-18-6-17-42/h1-5,7-16,19,31,42H,6,17-18,20-22H2,(H,38,43)/t31-,34-/m1/s1. The van der Waals surface area contributed by atoms with E-state index >= 15 is 0 Å². The van der Waals surface area contributed by atoms with Gasteiger partial charge in [-0.05, 0) is 52.6 Å². The fraction of sp³-hybridized carbons (Fsp3) is 0.235. The molecule has 0 aliphatic carbocycles. The van der Waals surface area contributed by atoms with Gasteiger partial charge in [0.15, 0.2) is 11.6 Å². The lowest BCUT2D eigenvalue weighted by Gasteiger charge is -2.32. The quantitative estimate of drug-likeness (QED) is 0.0790. The smallest absolute Gasteiger partial charge is 0.252 e. The first-order valence-corrected chi connectivity index (χ1v) is 14.4. The van der Waals surface area contributed by atoms with Crippen LogP contribution < -0.4 is 10.1 Å². The van der Waals surface area contributed by atoms with E-state index in [-0.39, 0.29) is 37.6 Å². The first kappa shape index (κ1) is 31.2. The van der Waals surface area contributed by atoms with Crippen LogP contribution in [0, 0.1) is 11.6 Å². The lowest BCUT2D eigenvalue weighted by Crippen LogP contribution is -2.50. The second kappa shape index (κ2) is 14.5. The van der Waals surface area contributed by atoms with Crippen molar-refractivity contribution in [3.05, 3.63) is 147 Å². The first-order chi connectivity index (χ1) is 21.9. The number of ether oxygens (including phenoxy) is 2. The Morgan fingerprint density at radius 1 is 1.02 bits per heavy atom. The Morgan fingerprint density at radius 3 is 2.51 bits per heavy atom. The van der Waals surface area contributed by atoms with Crippen LogP contribution in [-0.2, 0) is 29.0 Å². The Morgan fingerprint density at radius 2 is 1.78 bits per heavy atom. The van der Waals surface area contributed by atoms with E-state index in [0.717, 1.165) is 17.7 Å². The van der Waals surface area contributed by atoms with Crippen LogP contribution in [0.15, 0.2) is 107 Å². The highest BCUT2D eigenvalue weighted by Gasteiger charge is 2.53. The Labute approximate surface area is 258 Å². The predicted octanol–water partition coefficient (Wildman–Crippen LogP) is 6.35. The number of halogens is 2. The van der Waals surface area contributed by atoms with Crippen LogP contribution in [0.5, 0.6) is 5.75 Å². The lowest BCUT2D eigenvalue weighted by molar-refractivity contribution is -0.129. The van der Waals surface area contributed by atoms with Crippen molar-refractivity contribution in [2.45, 2.75) is 37.6 Å². The van der Waals surface area contributed by atoms with Crippen LogP contribution in [-0.4, -0.2) is 35.7 Å². The average Bonchev–Trinajstić information content (AvgIpc) is 3.44. The number of carbonyl (C=O) groups excluding carboxylic acids is 1. The van der Waals surface area contributed by atoms with Crippen molar-refractivity contribution in [3.8, 4) is 5.75 Å². The number of nitrogens with one attached hydrogen (secondary N) is 1. The van der Waals surface area contributed by atoms with Gasteiger partial charge in [0.25, 0.3) is 5.91 Å². The van der Waals surface area contributed by atoms with Crippen LogP contribution in [0.4, 0.5) is 8.78 Å². The summed E-state index contributed by atoms with van der Waals surface area (Å²) in [5, 5.41) is 15.6. The molecule has 0 aromatic heterocycles. The summed E-state index contributed by atoms with van der Waals surface area (Å²) in [4.78, 5) is 22.3. The summed E-state index contributed by atoms with van der Waals surface area (Å²) in [6, 6.07) is 26.7. The average molecular weight is 612 g/mol. The molecule has 230 valence electrons. The molecule has 1 aliphatic heterocycles. The molecule has 0 saturated heterocycles. The van der Waals surface area contributed by atoms with E-state index in [9.17, 15) is 13.6 Å². The molecule has 45 heavy (non-hydrogen) atoms. The Bertz CT molecular complexity index is 1710. The van der Waals surface area contributed by atoms with Crippen molar-refractivity contribution in [3.63, 3.8) is 0 Å². The lowest BCUT2D eigenvalue weighted by atomic mass is 9.80. The van der Waals surface area contributed by atoms with Crippen molar-refractivity contribution >= 4 is 11.8 Å². The fourth-order valence-corrected chi connectivity index (χ4v) is 5.20. The van der Waals surface area contributed by atoms with E-state index in [1.54, 1.807) is 48.5 Å². The number of aliphatic imine (C=N–C) groups is 1. The van der Waals surface area contributed by atoms with E-state index < -0.39 is 29.2 Å². The summed E-state index contributed by atoms with van der Waals surface area (Å²) >= 11 is 0. The molecule has 0 radical (unpaired) electrons. The third kappa shape index (κ3) is 7.29. The summed E-state index contributed by atoms with van der Waals surface area (Å²) in [6.45, 7) is 0.182. The molecule has 1 amide bonds. The number of azide groups is 1. The van der Waals surface area contributed by atoms with Crippen molar-refractivity contribution in [2.75, 3.05) is 13.2 Å². The zero-order valence-electron chi connectivity index (χ0n) is 24.3. The number of amides is 1. The fourth-order valence-electron chi connectivity index (χ4n) is 5.20. The molecule has 2 atom stereocenters. The topological polar surface area (TPSA) is 129 Å². The van der Waals surface area contributed by atoms with Gasteiger partial charge < -0.3 is 19.9 Å². The maximum atomic E-state index is 14.5. The maximum absolute atomic E-state index is 14.5. The summed E-state index contributed by atoms with van der Waals surface area (Å²) in [7, 11) is 0. The zero-order valence-corrected chi connectivity index (χ0v) is 24.3. The number of benzene rings is 4. The Hall–Kier alpha value is -5.25. The molecular weight excluding hydrogens is 580 g/mol. The van der Waals surface area contributed by atoms with Gasteiger partial charge in [0.2, 0.25) is 5.90 Å². The highest BCUT2D eigenvalue weighted by molar-refractivity contribution is 6.01. The number of hydrogen-bond donors (Lipinski definition) is 2. The monoisotopic (exact) mass is 611 g/mol. The largest absolute Gasteiger partial charge is 0.494 e. The normalized spacial score (nSPS) is 17.1. The molecule has 0 fully saturated rings. The minimum Gasteiger partial charge on any atom is -0.494 e. The molecule has 4 aromatic rings. The minimum atomic E-state index is -1.57. The number of hydrogen-bond acceptors (Lipinski definition) is 6. The maximum Gasteiger partial charge on any atom is 0.252 e. The Kier molecular flexibility index (Phi) is 10.0. The molecular formula is C34H31F2N5O4. The van der Waals surface area contributed by atoms with Crippen molar-refractivity contribution in [1.29, 1.82) is 0 Å². The Balaban J connectivity index is 1.59. The molecule has 1 heterocycles. The summed E-state index contributed by atoms with van der Waals surface area (Å²) in [5.41, 5.74) is 10.2. The molecule has 11 heteroatoms. The predicted molar refractivity (Wildman–Crippen MR) is 164 cm³/mol. The van der Waals surface area contributed by atoms with Gasteiger partial charge in [-0.1, -0.05) is 65.8 Å². The number of carbonyl (C=O) groups is 1. The van der Waals surface area contributed by atoms with Crippen LogP contribution in [0.3, 0.4) is 0 Å². The van der Waals surface area contributed by atoms with Crippen LogP contribution in [0.25, 0.3) is 10.4 Å². The number of aliphatic hydroxyl groups is 1. The second-order valence-electron chi connectivity index (χ2n) is 10.5. The van der Waals surface area contributed by atoms with Gasteiger partial charge in [-0.2, -0.15) is 0 Å². The van der Waals surface area contributed by atoms with E-state index in [4.69, 9.17) is 25.1 Å². The summed E-state index contributed by atoms with van der Waals surface area (Å²) in [6.07, 6.45) is -0.345. The zero-order chi connectivity index (χ0) is 31.6. The van der Waals surface area contributed by atoms with Crippen LogP contribution in [0.2, 0.25) is 0 Å². The van der Waals surface area contributed by atoms with Crippen molar-refractivity contribution in [1.82, 2.24) is 5.32 Å². The van der Waals surface area contributed by atoms with Gasteiger partial charge in [0.05, 0.1) is 13.2 Å². The number of nitrogens with zero attached hydrogens (tertiary/aromatic N) is 4. The summed E-state index contributed by atoms with van der Waals surface area (Å²) in [5.74, 6) is -1.23. The molecule has 1 aliphatic rings. The van der Waals surface area contributed by atoms with Crippen molar-refractivity contribution < 1.29 is 28.2 Å². The molecule has 0 spiro atoms. The highest BCUT2D eigenvalue weighted by Crippen LogP contribution is 2.44. The van der Waals surface area contributed by atoms with E-state index in [2.05, 4.69) is 15.3 Å². The molecule has 9 nitrogen and oxygen atoms in total. The molecule has 0 unspecified atom stereocenters. The van der Waals surface area contributed by atoms with E-state index in [1.165, 1.54) is 6.07 Å². The van der Waals surface area contributed by atoms with Gasteiger partial charge in [-0.15, -0.1) is 0 Å². The number of rotatable bonds is 13. The molecule has 2 N–H and O–H groups in total. The SMILES string of the molecule is [N-]=[N+]=NCc1ccccc1[C@H]1OC(c2ccc(OCCCO)cc2)=N[C@@]1(Cc1ccccc1)C(=O)NCc1ccc(F)cc1F. The molecule has 0 saturated carbocycles. The van der Waals surface area contributed by atoms with Gasteiger partial charge in [0.1, 0.15) is 17.4 Å². The summed E-state index contributed by atoms with van der Waals surface area (Å²) < 4.78 is 40.3. The van der Waals surface area contributed by atoms with E-state index in [0.29, 0.717) is 35.5 Å². The number of aliphatic hydroxyl groups excluding tert-OH is 1.